The van der Waals surface area contributed by atoms with E-state index >= 15 is 0 Å². The first kappa shape index (κ1) is 37.6. The lowest BCUT2D eigenvalue weighted by Gasteiger charge is -2.30. The number of para-hydroxylation sites is 1. The summed E-state index contributed by atoms with van der Waals surface area (Å²) in [5.74, 6) is 0. The molecule has 0 aliphatic rings. The minimum atomic E-state index is 1.07. The largest absolute Gasteiger partial charge is 0.310 e. The number of benzene rings is 9. The molecule has 0 aliphatic heterocycles. The molecule has 3 heteroatoms. The Labute approximate surface area is 359 Å². The number of nitrogens with zero attached hydrogens (tertiary/aromatic N) is 3. The highest BCUT2D eigenvalue weighted by molar-refractivity contribution is 6.10. The van der Waals surface area contributed by atoms with E-state index in [9.17, 15) is 0 Å². The van der Waals surface area contributed by atoms with Gasteiger partial charge in [-0.1, -0.05) is 138 Å². The van der Waals surface area contributed by atoms with Gasteiger partial charge < -0.3 is 14.4 Å². The van der Waals surface area contributed by atoms with Crippen LogP contribution in [0.15, 0.2) is 212 Å². The van der Waals surface area contributed by atoms with Crippen LogP contribution in [0.25, 0.3) is 49.7 Å². The van der Waals surface area contributed by atoms with Crippen LogP contribution >= 0.6 is 0 Å². The van der Waals surface area contributed by atoms with Crippen LogP contribution in [0.5, 0.6) is 0 Å². The maximum absolute atomic E-state index is 2.40. The normalized spacial score (nSPS) is 11.3. The average molecular weight is 786 g/mol. The van der Waals surface area contributed by atoms with Crippen molar-refractivity contribution in [3.63, 3.8) is 0 Å². The molecule has 294 valence electrons. The van der Waals surface area contributed by atoms with Crippen LogP contribution in [0.3, 0.4) is 0 Å². The zero-order valence-electron chi connectivity index (χ0n) is 35.0. The molecule has 0 aliphatic carbocycles. The first-order valence-electron chi connectivity index (χ1n) is 21.1. The quantitative estimate of drug-likeness (QED) is 0.144. The highest BCUT2D eigenvalue weighted by Gasteiger charge is 2.21. The van der Waals surface area contributed by atoms with E-state index in [0.29, 0.717) is 0 Å². The topological polar surface area (TPSA) is 11.4 Å². The molecule has 0 unspecified atom stereocenters. The summed E-state index contributed by atoms with van der Waals surface area (Å²) in [5.41, 5.74) is 19.7. The van der Waals surface area contributed by atoms with Gasteiger partial charge in [-0.25, -0.2) is 0 Å². The Morgan fingerprint density at radius 1 is 0.279 bits per heavy atom. The van der Waals surface area contributed by atoms with Gasteiger partial charge in [-0.05, 0) is 147 Å². The van der Waals surface area contributed by atoms with E-state index in [2.05, 4.69) is 254 Å². The van der Waals surface area contributed by atoms with Gasteiger partial charge in [0.05, 0.1) is 11.0 Å². The van der Waals surface area contributed by atoms with E-state index in [0.717, 1.165) is 50.9 Å². The number of aromatic nitrogens is 1. The van der Waals surface area contributed by atoms with Gasteiger partial charge in [0.25, 0.3) is 0 Å². The van der Waals surface area contributed by atoms with Crippen molar-refractivity contribution >= 4 is 55.9 Å². The van der Waals surface area contributed by atoms with Crippen LogP contribution in [0, 0.1) is 27.7 Å². The predicted octanol–water partition coefficient (Wildman–Crippen LogP) is 16.3. The molecular formula is C58H47N3. The number of rotatable bonds is 9. The third-order valence-electron chi connectivity index (χ3n) is 11.8. The standard InChI is InChI=1S/C58H47N3/c1-40-14-25-48(26-15-40)59(49-27-16-41(2)17-28-49)53-36-47(37-54(39-53)60(50-29-18-42(3)19-30-50)51-31-20-43(4)21-32-51)46-24-35-58-56(38-46)55-12-8-9-13-57(55)61(58)52-33-22-45(23-34-52)44-10-6-5-7-11-44/h5-39H,1-4H3. The summed E-state index contributed by atoms with van der Waals surface area (Å²) in [6.45, 7) is 8.58. The van der Waals surface area contributed by atoms with Crippen LogP contribution in [-0.2, 0) is 0 Å². The van der Waals surface area contributed by atoms with E-state index in [1.165, 1.54) is 55.2 Å². The van der Waals surface area contributed by atoms with Gasteiger partial charge in [-0.15, -0.1) is 0 Å². The SMILES string of the molecule is Cc1ccc(N(c2ccc(C)cc2)c2cc(-c3ccc4c(c3)c3ccccc3n4-c3ccc(-c4ccccc4)cc3)cc(N(c3ccc(C)cc3)c3ccc(C)cc3)c2)cc1. The smallest absolute Gasteiger partial charge is 0.0541 e. The van der Waals surface area contributed by atoms with E-state index in [-0.39, 0.29) is 0 Å². The Hall–Kier alpha value is -7.62. The van der Waals surface area contributed by atoms with Gasteiger partial charge in [-0.2, -0.15) is 0 Å². The van der Waals surface area contributed by atoms with E-state index < -0.39 is 0 Å². The molecule has 10 rings (SSSR count). The maximum atomic E-state index is 2.40. The summed E-state index contributed by atoms with van der Waals surface area (Å²) in [4.78, 5) is 4.77. The highest BCUT2D eigenvalue weighted by atomic mass is 15.2. The average Bonchev–Trinajstić information content (AvgIpc) is 3.63. The summed E-state index contributed by atoms with van der Waals surface area (Å²) >= 11 is 0. The van der Waals surface area contributed by atoms with Crippen molar-refractivity contribution in [3.05, 3.63) is 235 Å². The van der Waals surface area contributed by atoms with Crippen molar-refractivity contribution in [1.29, 1.82) is 0 Å². The molecule has 3 nitrogen and oxygen atoms in total. The van der Waals surface area contributed by atoms with Gasteiger partial charge in [0.1, 0.15) is 0 Å². The van der Waals surface area contributed by atoms with Crippen LogP contribution in [-0.4, -0.2) is 4.57 Å². The van der Waals surface area contributed by atoms with Crippen molar-refractivity contribution in [1.82, 2.24) is 4.57 Å². The first-order chi connectivity index (χ1) is 29.9. The fourth-order valence-electron chi connectivity index (χ4n) is 8.55. The first-order valence-corrected chi connectivity index (χ1v) is 21.1. The lowest BCUT2D eigenvalue weighted by Crippen LogP contribution is -2.13. The summed E-state index contributed by atoms with van der Waals surface area (Å²) < 4.78 is 2.40. The Morgan fingerprint density at radius 2 is 0.689 bits per heavy atom. The number of anilines is 6. The molecule has 0 amide bonds. The summed E-state index contributed by atoms with van der Waals surface area (Å²) in [5, 5.41) is 2.44. The van der Waals surface area contributed by atoms with Gasteiger partial charge in [0.15, 0.2) is 0 Å². The molecule has 0 atom stereocenters. The zero-order valence-corrected chi connectivity index (χ0v) is 35.0. The van der Waals surface area contributed by atoms with Crippen LogP contribution in [0.2, 0.25) is 0 Å². The zero-order chi connectivity index (χ0) is 41.5. The van der Waals surface area contributed by atoms with Gasteiger partial charge in [-0.3, -0.25) is 0 Å². The van der Waals surface area contributed by atoms with Gasteiger partial charge in [0.2, 0.25) is 0 Å². The molecule has 0 radical (unpaired) electrons. The lowest BCUT2D eigenvalue weighted by atomic mass is 9.99. The second-order valence-electron chi connectivity index (χ2n) is 16.2. The summed E-state index contributed by atoms with van der Waals surface area (Å²) in [6.07, 6.45) is 0. The highest BCUT2D eigenvalue weighted by Crippen LogP contribution is 2.44. The number of fused-ring (bicyclic) bond motifs is 3. The third-order valence-corrected chi connectivity index (χ3v) is 11.8. The van der Waals surface area contributed by atoms with Crippen LogP contribution < -0.4 is 9.80 Å². The maximum Gasteiger partial charge on any atom is 0.0541 e. The van der Waals surface area contributed by atoms with E-state index in [1.807, 2.05) is 0 Å². The van der Waals surface area contributed by atoms with Crippen LogP contribution in [0.1, 0.15) is 22.3 Å². The molecule has 0 spiro atoms. The molecule has 0 saturated heterocycles. The Bertz CT molecular complexity index is 2920. The van der Waals surface area contributed by atoms with Crippen molar-refractivity contribution in [2.45, 2.75) is 27.7 Å². The molecule has 1 aromatic heterocycles. The van der Waals surface area contributed by atoms with Crippen LogP contribution in [0.4, 0.5) is 34.1 Å². The van der Waals surface area contributed by atoms with Crippen molar-refractivity contribution in [2.75, 3.05) is 9.80 Å². The third kappa shape index (κ3) is 7.36. The van der Waals surface area contributed by atoms with Gasteiger partial charge in [0, 0.05) is 50.6 Å². The Balaban J connectivity index is 1.19. The molecule has 10 aromatic rings. The molecule has 0 saturated carbocycles. The monoisotopic (exact) mass is 785 g/mol. The molecule has 0 fully saturated rings. The van der Waals surface area contributed by atoms with Crippen molar-refractivity contribution in [2.24, 2.45) is 0 Å². The molecule has 0 bridgehead atoms. The summed E-state index contributed by atoms with van der Waals surface area (Å²) in [7, 11) is 0. The van der Waals surface area contributed by atoms with E-state index in [1.54, 1.807) is 0 Å². The fourth-order valence-corrected chi connectivity index (χ4v) is 8.55. The molecule has 61 heavy (non-hydrogen) atoms. The molecular weight excluding hydrogens is 739 g/mol. The minimum absolute atomic E-state index is 1.07. The number of aryl methyl sites for hydroxylation is 4. The second kappa shape index (κ2) is 15.9. The lowest BCUT2D eigenvalue weighted by molar-refractivity contribution is 1.18. The van der Waals surface area contributed by atoms with Gasteiger partial charge >= 0.3 is 0 Å². The molecule has 0 N–H and O–H groups in total. The predicted molar refractivity (Wildman–Crippen MR) is 260 cm³/mol. The second-order valence-corrected chi connectivity index (χ2v) is 16.2. The number of hydrogen-bond donors (Lipinski definition) is 0. The van der Waals surface area contributed by atoms with E-state index in [4.69, 9.17) is 0 Å². The summed E-state index contributed by atoms with van der Waals surface area (Å²) in [6, 6.07) is 77.8. The number of hydrogen-bond acceptors (Lipinski definition) is 2. The van der Waals surface area contributed by atoms with Crippen molar-refractivity contribution in [3.8, 4) is 27.9 Å². The Morgan fingerprint density at radius 3 is 1.18 bits per heavy atom. The minimum Gasteiger partial charge on any atom is -0.310 e. The van der Waals surface area contributed by atoms with Crippen molar-refractivity contribution < 1.29 is 0 Å². The molecule has 9 aromatic carbocycles. The fraction of sp³-hybridized carbons (Fsp3) is 0.0690. The Kier molecular flexibility index (Phi) is 9.78. The molecule has 1 heterocycles.